The topological polar surface area (TPSA) is 44.5 Å². The zero-order valence-electron chi connectivity index (χ0n) is 11.1. The minimum absolute atomic E-state index is 0.530. The molecule has 0 saturated heterocycles. The summed E-state index contributed by atoms with van der Waals surface area (Å²) in [6.07, 6.45) is 2.19. The molecule has 102 valence electrons. The molecule has 1 rings (SSSR count). The highest BCUT2D eigenvalue weighted by atomic mass is 32.2. The molecular formula is C14H23NO2S. The Bertz CT molecular complexity index is 320. The highest BCUT2D eigenvalue weighted by Crippen LogP contribution is 2.17. The Morgan fingerprint density at radius 3 is 2.56 bits per heavy atom. The molecule has 0 radical (unpaired) electrons. The van der Waals surface area contributed by atoms with E-state index < -0.39 is 0 Å². The van der Waals surface area contributed by atoms with Gasteiger partial charge in [-0.3, -0.25) is 0 Å². The predicted octanol–water partition coefficient (Wildman–Crippen LogP) is 2.68. The Hall–Kier alpha value is -0.710. The molecule has 0 aliphatic heterocycles. The zero-order chi connectivity index (χ0) is 13.1. The SMILES string of the molecule is COCCCSCCCOc1ccccc1CN. The van der Waals surface area contributed by atoms with Gasteiger partial charge in [-0.25, -0.2) is 0 Å². The van der Waals surface area contributed by atoms with E-state index in [1.54, 1.807) is 7.11 Å². The van der Waals surface area contributed by atoms with Crippen LogP contribution in [0.25, 0.3) is 0 Å². The van der Waals surface area contributed by atoms with Crippen LogP contribution < -0.4 is 10.5 Å². The third-order valence-corrected chi connectivity index (χ3v) is 3.67. The molecule has 0 saturated carbocycles. The summed E-state index contributed by atoms with van der Waals surface area (Å²) in [5, 5.41) is 0. The second kappa shape index (κ2) is 10.2. The average Bonchev–Trinajstić information content (AvgIpc) is 2.42. The van der Waals surface area contributed by atoms with Gasteiger partial charge in [0, 0.05) is 25.8 Å². The quantitative estimate of drug-likeness (QED) is 0.663. The molecule has 1 aromatic carbocycles. The second-order valence-electron chi connectivity index (χ2n) is 3.97. The van der Waals surface area contributed by atoms with Gasteiger partial charge < -0.3 is 15.2 Å². The van der Waals surface area contributed by atoms with Crippen LogP contribution in [0.1, 0.15) is 18.4 Å². The van der Waals surface area contributed by atoms with Gasteiger partial charge in [-0.05, 0) is 30.4 Å². The van der Waals surface area contributed by atoms with Crippen LogP contribution >= 0.6 is 11.8 Å². The molecule has 0 aliphatic carbocycles. The standard InChI is InChI=1S/C14H23NO2S/c1-16-8-4-10-18-11-5-9-17-14-7-3-2-6-13(14)12-15/h2-3,6-7H,4-5,8-12,15H2,1H3. The average molecular weight is 269 g/mol. The summed E-state index contributed by atoms with van der Waals surface area (Å²) in [4.78, 5) is 0. The first-order chi connectivity index (χ1) is 8.88. The third kappa shape index (κ3) is 6.28. The lowest BCUT2D eigenvalue weighted by Gasteiger charge is -2.09. The van der Waals surface area contributed by atoms with E-state index in [9.17, 15) is 0 Å². The van der Waals surface area contributed by atoms with Crippen LogP contribution in [0, 0.1) is 0 Å². The fraction of sp³-hybridized carbons (Fsp3) is 0.571. The van der Waals surface area contributed by atoms with E-state index in [2.05, 4.69) is 0 Å². The number of benzene rings is 1. The Kier molecular flexibility index (Phi) is 8.73. The van der Waals surface area contributed by atoms with E-state index in [0.717, 1.165) is 48.9 Å². The number of ether oxygens (including phenoxy) is 2. The zero-order valence-corrected chi connectivity index (χ0v) is 11.9. The molecule has 2 N–H and O–H groups in total. The van der Waals surface area contributed by atoms with Crippen LogP contribution in [0.15, 0.2) is 24.3 Å². The van der Waals surface area contributed by atoms with E-state index in [4.69, 9.17) is 15.2 Å². The molecular weight excluding hydrogens is 246 g/mol. The largest absolute Gasteiger partial charge is 0.493 e. The summed E-state index contributed by atoms with van der Waals surface area (Å²) >= 11 is 1.95. The smallest absolute Gasteiger partial charge is 0.123 e. The van der Waals surface area contributed by atoms with Crippen molar-refractivity contribution in [2.24, 2.45) is 5.73 Å². The molecule has 18 heavy (non-hydrogen) atoms. The summed E-state index contributed by atoms with van der Waals surface area (Å²) in [5.41, 5.74) is 6.73. The van der Waals surface area contributed by atoms with Crippen molar-refractivity contribution in [3.05, 3.63) is 29.8 Å². The number of thioether (sulfide) groups is 1. The van der Waals surface area contributed by atoms with Crippen molar-refractivity contribution in [2.75, 3.05) is 31.8 Å². The van der Waals surface area contributed by atoms with E-state index in [1.807, 2.05) is 36.0 Å². The third-order valence-electron chi connectivity index (χ3n) is 2.52. The van der Waals surface area contributed by atoms with Crippen LogP contribution in [-0.2, 0) is 11.3 Å². The van der Waals surface area contributed by atoms with Gasteiger partial charge in [-0.2, -0.15) is 11.8 Å². The molecule has 0 aliphatic rings. The number of hydrogen-bond donors (Lipinski definition) is 1. The molecule has 0 atom stereocenters. The highest BCUT2D eigenvalue weighted by Gasteiger charge is 2.00. The van der Waals surface area contributed by atoms with Gasteiger partial charge in [0.2, 0.25) is 0 Å². The minimum Gasteiger partial charge on any atom is -0.493 e. The van der Waals surface area contributed by atoms with E-state index in [0.29, 0.717) is 6.54 Å². The first-order valence-corrected chi connectivity index (χ1v) is 7.51. The number of nitrogens with two attached hydrogens (primary N) is 1. The molecule has 0 bridgehead atoms. The van der Waals surface area contributed by atoms with E-state index in [-0.39, 0.29) is 0 Å². The minimum atomic E-state index is 0.530. The Labute approximate surface area is 114 Å². The van der Waals surface area contributed by atoms with Crippen molar-refractivity contribution in [2.45, 2.75) is 19.4 Å². The summed E-state index contributed by atoms with van der Waals surface area (Å²) < 4.78 is 10.7. The second-order valence-corrected chi connectivity index (χ2v) is 5.20. The lowest BCUT2D eigenvalue weighted by Crippen LogP contribution is -2.04. The number of methoxy groups -OCH3 is 1. The molecule has 4 heteroatoms. The molecule has 0 unspecified atom stereocenters. The monoisotopic (exact) mass is 269 g/mol. The first-order valence-electron chi connectivity index (χ1n) is 6.36. The lowest BCUT2D eigenvalue weighted by atomic mass is 10.2. The van der Waals surface area contributed by atoms with Crippen molar-refractivity contribution in [3.8, 4) is 5.75 Å². The van der Waals surface area contributed by atoms with Gasteiger partial charge in [0.25, 0.3) is 0 Å². The van der Waals surface area contributed by atoms with Crippen LogP contribution in [0.4, 0.5) is 0 Å². The normalized spacial score (nSPS) is 10.6. The maximum absolute atomic E-state index is 5.74. The summed E-state index contributed by atoms with van der Waals surface area (Å²) in [5.74, 6) is 3.21. The Morgan fingerprint density at radius 1 is 1.11 bits per heavy atom. The maximum Gasteiger partial charge on any atom is 0.123 e. The fourth-order valence-electron chi connectivity index (χ4n) is 1.56. The number of rotatable bonds is 10. The van der Waals surface area contributed by atoms with Gasteiger partial charge in [0.05, 0.1) is 6.61 Å². The van der Waals surface area contributed by atoms with Crippen molar-refractivity contribution in [1.29, 1.82) is 0 Å². The number of hydrogen-bond acceptors (Lipinski definition) is 4. The predicted molar refractivity (Wildman–Crippen MR) is 78.3 cm³/mol. The summed E-state index contributed by atoms with van der Waals surface area (Å²) in [6, 6.07) is 7.96. The van der Waals surface area contributed by atoms with Crippen molar-refractivity contribution in [1.82, 2.24) is 0 Å². The molecule has 0 aromatic heterocycles. The van der Waals surface area contributed by atoms with Gasteiger partial charge in [-0.15, -0.1) is 0 Å². The first kappa shape index (κ1) is 15.3. The van der Waals surface area contributed by atoms with Gasteiger partial charge >= 0.3 is 0 Å². The maximum atomic E-state index is 5.74. The number of para-hydroxylation sites is 1. The molecule has 0 heterocycles. The lowest BCUT2D eigenvalue weighted by molar-refractivity contribution is 0.200. The van der Waals surface area contributed by atoms with E-state index in [1.165, 1.54) is 0 Å². The Balaban J connectivity index is 2.07. The molecule has 0 amide bonds. The molecule has 3 nitrogen and oxygen atoms in total. The molecule has 0 spiro atoms. The highest BCUT2D eigenvalue weighted by molar-refractivity contribution is 7.99. The summed E-state index contributed by atoms with van der Waals surface area (Å²) in [7, 11) is 1.74. The Morgan fingerprint density at radius 2 is 1.83 bits per heavy atom. The van der Waals surface area contributed by atoms with Gasteiger partial charge in [0.1, 0.15) is 5.75 Å². The van der Waals surface area contributed by atoms with Crippen LogP contribution in [0.3, 0.4) is 0 Å². The van der Waals surface area contributed by atoms with Gasteiger partial charge in [-0.1, -0.05) is 18.2 Å². The van der Waals surface area contributed by atoms with Gasteiger partial charge in [0.15, 0.2) is 0 Å². The van der Waals surface area contributed by atoms with Crippen molar-refractivity contribution >= 4 is 11.8 Å². The molecule has 0 fully saturated rings. The van der Waals surface area contributed by atoms with Crippen molar-refractivity contribution in [3.63, 3.8) is 0 Å². The summed E-state index contributed by atoms with van der Waals surface area (Å²) in [6.45, 7) is 2.14. The van der Waals surface area contributed by atoms with E-state index >= 15 is 0 Å². The fourth-order valence-corrected chi connectivity index (χ4v) is 2.41. The van der Waals surface area contributed by atoms with Crippen LogP contribution in [0.2, 0.25) is 0 Å². The van der Waals surface area contributed by atoms with Crippen LogP contribution in [0.5, 0.6) is 5.75 Å². The van der Waals surface area contributed by atoms with Crippen LogP contribution in [-0.4, -0.2) is 31.8 Å². The van der Waals surface area contributed by atoms with Crippen molar-refractivity contribution < 1.29 is 9.47 Å². The molecule has 1 aromatic rings.